The van der Waals surface area contributed by atoms with E-state index in [9.17, 15) is 9.59 Å². The van der Waals surface area contributed by atoms with Crippen LogP contribution in [0.2, 0.25) is 0 Å². The lowest BCUT2D eigenvalue weighted by atomic mass is 10.1. The molecular weight excluding hydrogens is 278 g/mol. The summed E-state index contributed by atoms with van der Waals surface area (Å²) < 4.78 is 0. The van der Waals surface area contributed by atoms with Gasteiger partial charge in [0.1, 0.15) is 5.82 Å². The maximum absolute atomic E-state index is 12.1. The van der Waals surface area contributed by atoms with Crippen molar-refractivity contribution in [2.45, 2.75) is 40.5 Å². The number of aromatic amines is 1. The highest BCUT2D eigenvalue weighted by Crippen LogP contribution is 2.14. The van der Waals surface area contributed by atoms with Gasteiger partial charge in [0.05, 0.1) is 0 Å². The summed E-state index contributed by atoms with van der Waals surface area (Å²) in [5.74, 6) is 0.482. The number of aromatic nitrogens is 2. The van der Waals surface area contributed by atoms with Crippen molar-refractivity contribution in [1.82, 2.24) is 9.97 Å². The molecule has 0 unspecified atom stereocenters. The van der Waals surface area contributed by atoms with Crippen LogP contribution in [0.15, 0.2) is 23.0 Å². The molecule has 22 heavy (non-hydrogen) atoms. The van der Waals surface area contributed by atoms with Crippen molar-refractivity contribution < 1.29 is 4.79 Å². The van der Waals surface area contributed by atoms with E-state index in [0.29, 0.717) is 23.5 Å². The second-order valence-corrected chi connectivity index (χ2v) is 5.64. The van der Waals surface area contributed by atoms with Crippen LogP contribution in [-0.2, 0) is 11.2 Å². The monoisotopic (exact) mass is 299 g/mol. The molecule has 1 heterocycles. The largest absolute Gasteiger partial charge is 0.326 e. The highest BCUT2D eigenvalue weighted by atomic mass is 16.1. The summed E-state index contributed by atoms with van der Waals surface area (Å²) in [4.78, 5) is 30.8. The van der Waals surface area contributed by atoms with Gasteiger partial charge in [-0.25, -0.2) is 4.98 Å². The Hall–Kier alpha value is -2.43. The Morgan fingerprint density at radius 1 is 1.14 bits per heavy atom. The smallest absolute Gasteiger partial charge is 0.254 e. The SMILES string of the molecule is Cc1cc(C)cc(NC(=O)CCc2c(C)nc(C)[nH]c2=O)c1. The van der Waals surface area contributed by atoms with Crippen LogP contribution < -0.4 is 10.9 Å². The number of carbonyl (C=O) groups excluding carboxylic acids is 1. The lowest BCUT2D eigenvalue weighted by Crippen LogP contribution is -2.20. The predicted octanol–water partition coefficient (Wildman–Crippen LogP) is 2.57. The number of hydrogen-bond donors (Lipinski definition) is 2. The maximum atomic E-state index is 12.1. The third-order valence-electron chi connectivity index (χ3n) is 3.45. The number of benzene rings is 1. The molecule has 0 aliphatic heterocycles. The Labute approximate surface area is 129 Å². The Morgan fingerprint density at radius 3 is 2.36 bits per heavy atom. The van der Waals surface area contributed by atoms with Crippen molar-refractivity contribution in [2.24, 2.45) is 0 Å². The van der Waals surface area contributed by atoms with Gasteiger partial charge in [0.2, 0.25) is 5.91 Å². The van der Waals surface area contributed by atoms with E-state index in [1.165, 1.54) is 0 Å². The summed E-state index contributed by atoms with van der Waals surface area (Å²) in [6, 6.07) is 5.91. The highest BCUT2D eigenvalue weighted by molar-refractivity contribution is 5.91. The highest BCUT2D eigenvalue weighted by Gasteiger charge is 2.10. The van der Waals surface area contributed by atoms with Crippen LogP contribution in [0.5, 0.6) is 0 Å². The number of nitrogens with zero attached hydrogens (tertiary/aromatic N) is 1. The van der Waals surface area contributed by atoms with E-state index in [0.717, 1.165) is 16.8 Å². The van der Waals surface area contributed by atoms with Crippen LogP contribution >= 0.6 is 0 Å². The molecule has 1 amide bonds. The molecule has 1 aromatic carbocycles. The van der Waals surface area contributed by atoms with Crippen LogP contribution in [0, 0.1) is 27.7 Å². The van der Waals surface area contributed by atoms with Gasteiger partial charge in [-0.15, -0.1) is 0 Å². The molecule has 0 saturated heterocycles. The van der Waals surface area contributed by atoms with Crippen molar-refractivity contribution >= 4 is 11.6 Å². The lowest BCUT2D eigenvalue weighted by Gasteiger charge is -2.08. The average Bonchev–Trinajstić information content (AvgIpc) is 2.35. The number of anilines is 1. The number of H-pyrrole nitrogens is 1. The predicted molar refractivity (Wildman–Crippen MR) is 87.2 cm³/mol. The zero-order valence-electron chi connectivity index (χ0n) is 13.4. The number of carbonyl (C=O) groups is 1. The van der Waals surface area contributed by atoms with Gasteiger partial charge in [0.15, 0.2) is 0 Å². The van der Waals surface area contributed by atoms with Gasteiger partial charge < -0.3 is 10.3 Å². The maximum Gasteiger partial charge on any atom is 0.254 e. The molecule has 2 aromatic rings. The van der Waals surface area contributed by atoms with Crippen LogP contribution in [0.25, 0.3) is 0 Å². The van der Waals surface area contributed by atoms with E-state index in [2.05, 4.69) is 21.4 Å². The summed E-state index contributed by atoms with van der Waals surface area (Å²) in [7, 11) is 0. The summed E-state index contributed by atoms with van der Waals surface area (Å²) >= 11 is 0. The average molecular weight is 299 g/mol. The number of amides is 1. The van der Waals surface area contributed by atoms with Gasteiger partial charge in [0, 0.05) is 23.4 Å². The normalized spacial score (nSPS) is 10.5. The molecule has 0 aliphatic carbocycles. The van der Waals surface area contributed by atoms with E-state index in [1.54, 1.807) is 13.8 Å². The van der Waals surface area contributed by atoms with Crippen molar-refractivity contribution in [2.75, 3.05) is 5.32 Å². The van der Waals surface area contributed by atoms with E-state index < -0.39 is 0 Å². The topological polar surface area (TPSA) is 74.8 Å². The number of aryl methyl sites for hydroxylation is 4. The molecule has 5 heteroatoms. The van der Waals surface area contributed by atoms with Gasteiger partial charge in [-0.1, -0.05) is 6.07 Å². The van der Waals surface area contributed by atoms with Crippen molar-refractivity contribution in [3.8, 4) is 0 Å². The first-order valence-corrected chi connectivity index (χ1v) is 7.29. The molecule has 2 N–H and O–H groups in total. The molecule has 5 nitrogen and oxygen atoms in total. The van der Waals surface area contributed by atoms with Gasteiger partial charge in [-0.3, -0.25) is 9.59 Å². The zero-order valence-corrected chi connectivity index (χ0v) is 13.4. The summed E-state index contributed by atoms with van der Waals surface area (Å²) in [5, 5.41) is 2.87. The molecule has 116 valence electrons. The summed E-state index contributed by atoms with van der Waals surface area (Å²) in [6.07, 6.45) is 0.632. The quantitative estimate of drug-likeness (QED) is 0.911. The molecule has 1 aromatic heterocycles. The van der Waals surface area contributed by atoms with Crippen LogP contribution in [-0.4, -0.2) is 15.9 Å². The Bertz CT molecular complexity index is 743. The second kappa shape index (κ2) is 6.56. The molecule has 0 spiro atoms. The third kappa shape index (κ3) is 4.04. The van der Waals surface area contributed by atoms with Crippen LogP contribution in [0.1, 0.15) is 34.6 Å². The molecular formula is C17H21N3O2. The molecule has 0 fully saturated rings. The first kappa shape index (κ1) is 15.9. The number of hydrogen-bond acceptors (Lipinski definition) is 3. The minimum Gasteiger partial charge on any atom is -0.326 e. The van der Waals surface area contributed by atoms with Gasteiger partial charge >= 0.3 is 0 Å². The van der Waals surface area contributed by atoms with E-state index >= 15 is 0 Å². The molecule has 0 saturated carbocycles. The first-order chi connectivity index (χ1) is 10.3. The fraction of sp³-hybridized carbons (Fsp3) is 0.353. The summed E-state index contributed by atoms with van der Waals surface area (Å²) in [6.45, 7) is 7.51. The first-order valence-electron chi connectivity index (χ1n) is 7.29. The molecule has 2 rings (SSSR count). The molecule has 0 atom stereocenters. The van der Waals surface area contributed by atoms with Gasteiger partial charge in [-0.2, -0.15) is 0 Å². The Morgan fingerprint density at radius 2 is 1.77 bits per heavy atom. The van der Waals surface area contributed by atoms with Crippen LogP contribution in [0.3, 0.4) is 0 Å². The van der Waals surface area contributed by atoms with E-state index in [-0.39, 0.29) is 17.9 Å². The number of nitrogens with one attached hydrogen (secondary N) is 2. The minimum absolute atomic E-state index is 0.107. The van der Waals surface area contributed by atoms with E-state index in [1.807, 2.05) is 26.0 Å². The fourth-order valence-electron chi connectivity index (χ4n) is 2.55. The van der Waals surface area contributed by atoms with Gasteiger partial charge in [-0.05, 0) is 57.4 Å². The standard InChI is InChI=1S/C17H21N3O2/c1-10-7-11(2)9-14(8-10)20-16(21)6-5-15-12(3)18-13(4)19-17(15)22/h7-9H,5-6H2,1-4H3,(H,20,21)(H,18,19,22). The molecule has 0 bridgehead atoms. The summed E-state index contributed by atoms with van der Waals surface area (Å²) in [5.41, 5.74) is 4.08. The lowest BCUT2D eigenvalue weighted by molar-refractivity contribution is -0.116. The molecule has 0 radical (unpaired) electrons. The van der Waals surface area contributed by atoms with Crippen molar-refractivity contribution in [3.05, 3.63) is 56.8 Å². The zero-order chi connectivity index (χ0) is 16.3. The second-order valence-electron chi connectivity index (χ2n) is 5.64. The van der Waals surface area contributed by atoms with Crippen molar-refractivity contribution in [1.29, 1.82) is 0 Å². The minimum atomic E-state index is -0.163. The molecule has 0 aliphatic rings. The van der Waals surface area contributed by atoms with Crippen LogP contribution in [0.4, 0.5) is 5.69 Å². The third-order valence-corrected chi connectivity index (χ3v) is 3.45. The van der Waals surface area contributed by atoms with E-state index in [4.69, 9.17) is 0 Å². The van der Waals surface area contributed by atoms with Gasteiger partial charge in [0.25, 0.3) is 5.56 Å². The number of rotatable bonds is 4. The Balaban J connectivity index is 2.03. The van der Waals surface area contributed by atoms with Crippen molar-refractivity contribution in [3.63, 3.8) is 0 Å². The Kier molecular flexibility index (Phi) is 4.75. The fourth-order valence-corrected chi connectivity index (χ4v) is 2.55.